The number of likely N-dealkylation sites (tertiary alicyclic amines) is 1. The Labute approximate surface area is 172 Å². The lowest BCUT2D eigenvalue weighted by molar-refractivity contribution is -0.185. The summed E-state index contributed by atoms with van der Waals surface area (Å²) in [5, 5.41) is 2.22. The normalized spacial score (nSPS) is 16.5. The molecule has 2 aromatic heterocycles. The molecule has 0 amide bonds. The zero-order chi connectivity index (χ0) is 20.7. The standard InChI is InChI=1S/C24H22F3N3/c25-24(26,27)19-8-12-29(13-9-19)16-18-3-1-5-23-21(18)10-14-30(23)20-6-7-22-17(15-20)4-2-11-28-22/h1-7,10-11,14-15,19H,8-9,12-13,16H2. The van der Waals surface area contributed by atoms with E-state index in [9.17, 15) is 13.2 Å². The van der Waals surface area contributed by atoms with E-state index in [1.54, 1.807) is 6.20 Å². The molecule has 0 spiro atoms. The first-order valence-electron chi connectivity index (χ1n) is 10.2. The van der Waals surface area contributed by atoms with Gasteiger partial charge in [-0.25, -0.2) is 0 Å². The number of hydrogen-bond acceptors (Lipinski definition) is 2. The molecule has 0 saturated carbocycles. The Balaban J connectivity index is 1.41. The van der Waals surface area contributed by atoms with Crippen molar-refractivity contribution in [1.82, 2.24) is 14.5 Å². The lowest BCUT2D eigenvalue weighted by Crippen LogP contribution is -2.38. The Hall–Kier alpha value is -2.86. The second kappa shape index (κ2) is 7.43. The Bertz CT molecular complexity index is 1190. The third kappa shape index (κ3) is 3.56. The summed E-state index contributed by atoms with van der Waals surface area (Å²) in [7, 11) is 0. The van der Waals surface area contributed by atoms with Crippen LogP contribution in [0.3, 0.4) is 0 Å². The molecule has 1 fully saturated rings. The van der Waals surface area contributed by atoms with Crippen molar-refractivity contribution in [2.45, 2.75) is 25.6 Å². The highest BCUT2D eigenvalue weighted by molar-refractivity contribution is 5.87. The van der Waals surface area contributed by atoms with Gasteiger partial charge in [0.15, 0.2) is 0 Å². The molecule has 1 saturated heterocycles. The summed E-state index contributed by atoms with van der Waals surface area (Å²) in [4.78, 5) is 6.52. The fraction of sp³-hybridized carbons (Fsp3) is 0.292. The van der Waals surface area contributed by atoms with Crippen molar-refractivity contribution in [2.75, 3.05) is 13.1 Å². The summed E-state index contributed by atoms with van der Waals surface area (Å²) in [6.07, 6.45) is 0.147. The number of rotatable bonds is 3. The van der Waals surface area contributed by atoms with E-state index < -0.39 is 12.1 Å². The van der Waals surface area contributed by atoms with Gasteiger partial charge in [-0.2, -0.15) is 13.2 Å². The zero-order valence-corrected chi connectivity index (χ0v) is 16.4. The molecule has 154 valence electrons. The van der Waals surface area contributed by atoms with E-state index in [1.165, 1.54) is 0 Å². The fourth-order valence-electron chi connectivity index (χ4n) is 4.47. The summed E-state index contributed by atoms with van der Waals surface area (Å²) in [5.41, 5.74) is 4.27. The minimum atomic E-state index is -4.07. The third-order valence-electron chi connectivity index (χ3n) is 6.13. The van der Waals surface area contributed by atoms with E-state index in [0.717, 1.165) is 33.1 Å². The predicted molar refractivity (Wildman–Crippen MR) is 113 cm³/mol. The van der Waals surface area contributed by atoms with E-state index in [4.69, 9.17) is 0 Å². The molecule has 0 N–H and O–H groups in total. The van der Waals surface area contributed by atoms with Crippen molar-refractivity contribution in [3.8, 4) is 5.69 Å². The average Bonchev–Trinajstić information content (AvgIpc) is 3.18. The largest absolute Gasteiger partial charge is 0.391 e. The maximum atomic E-state index is 12.9. The predicted octanol–water partition coefficient (Wildman–Crippen LogP) is 5.95. The molecular weight excluding hydrogens is 387 g/mol. The van der Waals surface area contributed by atoms with Crippen LogP contribution in [0, 0.1) is 5.92 Å². The number of pyridine rings is 1. The molecule has 6 heteroatoms. The van der Waals surface area contributed by atoms with Gasteiger partial charge in [-0.15, -0.1) is 0 Å². The van der Waals surface area contributed by atoms with Gasteiger partial charge >= 0.3 is 6.18 Å². The number of nitrogens with zero attached hydrogens (tertiary/aromatic N) is 3. The molecular formula is C24H22F3N3. The minimum absolute atomic E-state index is 0.186. The highest BCUT2D eigenvalue weighted by Gasteiger charge is 2.40. The summed E-state index contributed by atoms with van der Waals surface area (Å²) in [6, 6.07) is 18.5. The Morgan fingerprint density at radius 3 is 2.60 bits per heavy atom. The first-order valence-corrected chi connectivity index (χ1v) is 10.2. The van der Waals surface area contributed by atoms with Crippen LogP contribution in [0.4, 0.5) is 13.2 Å². The smallest absolute Gasteiger partial charge is 0.317 e. The first-order chi connectivity index (χ1) is 14.5. The summed E-state index contributed by atoms with van der Waals surface area (Å²) in [6.45, 7) is 1.64. The van der Waals surface area contributed by atoms with Crippen molar-refractivity contribution < 1.29 is 13.2 Å². The number of benzene rings is 2. The fourth-order valence-corrected chi connectivity index (χ4v) is 4.47. The zero-order valence-electron chi connectivity index (χ0n) is 16.4. The minimum Gasteiger partial charge on any atom is -0.317 e. The second-order valence-corrected chi connectivity index (χ2v) is 8.01. The summed E-state index contributed by atoms with van der Waals surface area (Å²) < 4.78 is 41.0. The number of piperidine rings is 1. The number of hydrogen-bond donors (Lipinski definition) is 0. The highest BCUT2D eigenvalue weighted by Crippen LogP contribution is 2.35. The molecule has 3 nitrogen and oxygen atoms in total. The SMILES string of the molecule is FC(F)(F)C1CCN(Cc2cccc3c2ccn3-c2ccc3ncccc3c2)CC1. The van der Waals surface area contributed by atoms with Crippen LogP contribution >= 0.6 is 0 Å². The van der Waals surface area contributed by atoms with Crippen LogP contribution in [0.15, 0.2) is 67.0 Å². The van der Waals surface area contributed by atoms with Crippen LogP contribution < -0.4 is 0 Å². The Morgan fingerprint density at radius 2 is 1.80 bits per heavy atom. The van der Waals surface area contributed by atoms with Crippen molar-refractivity contribution in [1.29, 1.82) is 0 Å². The van der Waals surface area contributed by atoms with Crippen LogP contribution in [0.2, 0.25) is 0 Å². The number of fused-ring (bicyclic) bond motifs is 2. The quantitative estimate of drug-likeness (QED) is 0.417. The van der Waals surface area contributed by atoms with Gasteiger partial charge in [-0.1, -0.05) is 18.2 Å². The molecule has 0 aliphatic carbocycles. The topological polar surface area (TPSA) is 21.1 Å². The van der Waals surface area contributed by atoms with Gasteiger partial charge in [0.25, 0.3) is 0 Å². The number of aromatic nitrogens is 2. The molecule has 0 radical (unpaired) electrons. The third-order valence-corrected chi connectivity index (χ3v) is 6.13. The van der Waals surface area contributed by atoms with Crippen molar-refractivity contribution in [3.63, 3.8) is 0 Å². The van der Waals surface area contributed by atoms with Gasteiger partial charge < -0.3 is 4.57 Å². The maximum absolute atomic E-state index is 12.9. The van der Waals surface area contributed by atoms with Gasteiger partial charge in [-0.05, 0) is 67.9 Å². The van der Waals surface area contributed by atoms with Crippen LogP contribution in [0.5, 0.6) is 0 Å². The Kier molecular flexibility index (Phi) is 4.74. The van der Waals surface area contributed by atoms with Gasteiger partial charge in [0.05, 0.1) is 17.0 Å². The van der Waals surface area contributed by atoms with E-state index in [2.05, 4.69) is 51.0 Å². The lowest BCUT2D eigenvalue weighted by Gasteiger charge is -2.33. The van der Waals surface area contributed by atoms with Crippen LogP contribution in [0.25, 0.3) is 27.5 Å². The molecule has 2 aromatic carbocycles. The van der Waals surface area contributed by atoms with Crippen molar-refractivity contribution in [3.05, 3.63) is 72.6 Å². The molecule has 1 aliphatic heterocycles. The molecule has 30 heavy (non-hydrogen) atoms. The summed E-state index contributed by atoms with van der Waals surface area (Å²) in [5.74, 6) is -1.16. The molecule has 5 rings (SSSR count). The van der Waals surface area contributed by atoms with E-state index in [1.807, 2.05) is 24.3 Å². The average molecular weight is 409 g/mol. The first kappa shape index (κ1) is 19.1. The monoisotopic (exact) mass is 409 g/mol. The van der Waals surface area contributed by atoms with Crippen LogP contribution in [0.1, 0.15) is 18.4 Å². The maximum Gasteiger partial charge on any atom is 0.391 e. The van der Waals surface area contributed by atoms with E-state index in [-0.39, 0.29) is 12.8 Å². The molecule has 1 aliphatic rings. The van der Waals surface area contributed by atoms with Crippen LogP contribution in [-0.2, 0) is 6.54 Å². The molecule has 3 heterocycles. The van der Waals surface area contributed by atoms with Gasteiger partial charge in [0.2, 0.25) is 0 Å². The number of halogens is 3. The van der Waals surface area contributed by atoms with Gasteiger partial charge in [0.1, 0.15) is 0 Å². The summed E-state index contributed by atoms with van der Waals surface area (Å²) >= 11 is 0. The van der Waals surface area contributed by atoms with E-state index >= 15 is 0 Å². The second-order valence-electron chi connectivity index (χ2n) is 8.01. The van der Waals surface area contributed by atoms with Gasteiger partial charge in [0, 0.05) is 35.4 Å². The highest BCUT2D eigenvalue weighted by atomic mass is 19.4. The molecule has 4 aromatic rings. The van der Waals surface area contributed by atoms with Crippen molar-refractivity contribution in [2.24, 2.45) is 5.92 Å². The van der Waals surface area contributed by atoms with Gasteiger partial charge in [-0.3, -0.25) is 9.88 Å². The Morgan fingerprint density at radius 1 is 0.967 bits per heavy atom. The van der Waals surface area contributed by atoms with Crippen LogP contribution in [-0.4, -0.2) is 33.7 Å². The lowest BCUT2D eigenvalue weighted by atomic mass is 9.96. The van der Waals surface area contributed by atoms with Crippen molar-refractivity contribution >= 4 is 21.8 Å². The van der Waals surface area contributed by atoms with E-state index in [0.29, 0.717) is 19.6 Å². The molecule has 0 unspecified atom stereocenters. The molecule has 0 atom stereocenters. The number of alkyl halides is 3. The molecule has 0 bridgehead atoms.